The Kier molecular flexibility index (Phi) is 6.89. The second-order valence-corrected chi connectivity index (χ2v) is 8.23. The highest BCUT2D eigenvalue weighted by atomic mass is 32.1. The summed E-state index contributed by atoms with van der Waals surface area (Å²) in [4.78, 5) is 25.1. The molecule has 0 saturated carbocycles. The Balaban J connectivity index is 1.55. The number of hydrogen-bond donors (Lipinski definition) is 2. The lowest BCUT2D eigenvalue weighted by molar-refractivity contribution is 0.0953. The van der Waals surface area contributed by atoms with Gasteiger partial charge in [0.25, 0.3) is 11.8 Å². The topological polar surface area (TPSA) is 84.0 Å². The van der Waals surface area contributed by atoms with E-state index in [2.05, 4.69) is 34.7 Å². The van der Waals surface area contributed by atoms with Crippen LogP contribution in [0.3, 0.4) is 0 Å². The number of amides is 2. The van der Waals surface area contributed by atoms with Crippen LogP contribution in [0.2, 0.25) is 0 Å². The van der Waals surface area contributed by atoms with Crippen LogP contribution in [-0.4, -0.2) is 22.0 Å². The summed E-state index contributed by atoms with van der Waals surface area (Å²) in [5.74, 6) is 0.0644. The van der Waals surface area contributed by atoms with Crippen molar-refractivity contribution in [3.63, 3.8) is 0 Å². The Morgan fingerprint density at radius 2 is 1.79 bits per heavy atom. The number of anilines is 1. The van der Waals surface area contributed by atoms with Gasteiger partial charge < -0.3 is 5.32 Å². The maximum atomic E-state index is 12.4. The van der Waals surface area contributed by atoms with E-state index in [-0.39, 0.29) is 11.8 Å². The Labute approximate surface area is 172 Å². The van der Waals surface area contributed by atoms with Crippen LogP contribution >= 0.6 is 22.7 Å². The van der Waals surface area contributed by atoms with Crippen molar-refractivity contribution in [2.75, 3.05) is 5.32 Å². The predicted molar refractivity (Wildman–Crippen MR) is 113 cm³/mol. The first kappa shape index (κ1) is 20.2. The third kappa shape index (κ3) is 5.02. The van der Waals surface area contributed by atoms with E-state index < -0.39 is 0 Å². The zero-order valence-corrected chi connectivity index (χ0v) is 17.4. The summed E-state index contributed by atoms with van der Waals surface area (Å²) >= 11 is 2.83. The van der Waals surface area contributed by atoms with Crippen LogP contribution in [0.15, 0.2) is 41.8 Å². The molecule has 0 aliphatic rings. The molecule has 2 amide bonds. The van der Waals surface area contributed by atoms with Gasteiger partial charge in [0.15, 0.2) is 0 Å². The molecule has 2 heterocycles. The van der Waals surface area contributed by atoms with Gasteiger partial charge >= 0.3 is 0 Å². The zero-order valence-electron chi connectivity index (χ0n) is 15.8. The molecular formula is C20H22N4O2S2. The van der Waals surface area contributed by atoms with Gasteiger partial charge in [-0.1, -0.05) is 43.4 Å². The molecule has 0 aliphatic heterocycles. The highest BCUT2D eigenvalue weighted by Crippen LogP contribution is 2.28. The zero-order chi connectivity index (χ0) is 19.9. The van der Waals surface area contributed by atoms with E-state index in [1.165, 1.54) is 22.7 Å². The summed E-state index contributed by atoms with van der Waals surface area (Å²) < 4.78 is 0. The minimum atomic E-state index is -0.221. The van der Waals surface area contributed by atoms with Gasteiger partial charge in [-0.25, -0.2) is 0 Å². The Morgan fingerprint density at radius 3 is 2.43 bits per heavy atom. The number of aromatic nitrogens is 2. The fourth-order valence-corrected chi connectivity index (χ4v) is 4.35. The lowest BCUT2D eigenvalue weighted by Gasteiger charge is -2.06. The minimum Gasteiger partial charge on any atom is -0.347 e. The highest BCUT2D eigenvalue weighted by Gasteiger charge is 2.15. The molecule has 146 valence electrons. The van der Waals surface area contributed by atoms with Crippen LogP contribution in [0, 0.1) is 0 Å². The first-order chi connectivity index (χ1) is 13.6. The number of carbonyl (C=O) groups is 2. The summed E-state index contributed by atoms with van der Waals surface area (Å²) in [5.41, 5.74) is 1.46. The molecule has 0 atom stereocenters. The molecule has 8 heteroatoms. The van der Waals surface area contributed by atoms with Gasteiger partial charge in [0, 0.05) is 18.0 Å². The molecule has 6 nitrogen and oxygen atoms in total. The van der Waals surface area contributed by atoms with Crippen LogP contribution in [0.5, 0.6) is 0 Å². The second kappa shape index (κ2) is 9.57. The highest BCUT2D eigenvalue weighted by molar-refractivity contribution is 7.15. The number of hydrogen-bond acceptors (Lipinski definition) is 6. The molecule has 2 aromatic heterocycles. The molecule has 0 fully saturated rings. The van der Waals surface area contributed by atoms with Gasteiger partial charge in [-0.05, 0) is 42.0 Å². The van der Waals surface area contributed by atoms with E-state index in [1.807, 2.05) is 23.6 Å². The van der Waals surface area contributed by atoms with Gasteiger partial charge in [-0.3, -0.25) is 14.9 Å². The maximum absolute atomic E-state index is 12.4. The number of carbonyl (C=O) groups excluding carboxylic acids is 2. The van der Waals surface area contributed by atoms with E-state index in [0.717, 1.165) is 23.4 Å². The Hall–Kier alpha value is -2.58. The minimum absolute atomic E-state index is 0.0960. The standard InChI is InChI=1S/C20H22N4O2S2/c1-3-14(4-2)19-23-24-20(28-19)22-17(25)15-9-7-13(8-10-15)12-21-18(26)16-6-5-11-27-16/h5-11,14H,3-4,12H2,1-2H3,(H,21,26)(H,22,24,25). The van der Waals surface area contributed by atoms with E-state index in [4.69, 9.17) is 0 Å². The van der Waals surface area contributed by atoms with Crippen LogP contribution in [0.4, 0.5) is 5.13 Å². The van der Waals surface area contributed by atoms with Gasteiger partial charge in [0.1, 0.15) is 5.01 Å². The van der Waals surface area contributed by atoms with E-state index >= 15 is 0 Å². The summed E-state index contributed by atoms with van der Waals surface area (Å²) in [6, 6.07) is 10.8. The van der Waals surface area contributed by atoms with Gasteiger partial charge in [-0.2, -0.15) is 0 Å². The van der Waals surface area contributed by atoms with Crippen LogP contribution in [0.1, 0.15) is 63.2 Å². The van der Waals surface area contributed by atoms with Gasteiger partial charge in [0.2, 0.25) is 5.13 Å². The average Bonchev–Trinajstić information content (AvgIpc) is 3.40. The molecule has 2 N–H and O–H groups in total. The van der Waals surface area contributed by atoms with E-state index in [9.17, 15) is 9.59 Å². The Bertz CT molecular complexity index is 916. The van der Waals surface area contributed by atoms with Crippen molar-refractivity contribution in [1.29, 1.82) is 0 Å². The molecule has 0 unspecified atom stereocenters. The number of rotatable bonds is 8. The third-order valence-corrected chi connectivity index (χ3v) is 6.28. The third-order valence-electron chi connectivity index (χ3n) is 4.41. The summed E-state index contributed by atoms with van der Waals surface area (Å²) in [5, 5.41) is 17.3. The van der Waals surface area contributed by atoms with Crippen molar-refractivity contribution >= 4 is 39.6 Å². The van der Waals surface area contributed by atoms with Crippen LogP contribution in [0.25, 0.3) is 0 Å². The number of nitrogens with zero attached hydrogens (tertiary/aromatic N) is 2. The van der Waals surface area contributed by atoms with Crippen LogP contribution in [-0.2, 0) is 6.54 Å². The smallest absolute Gasteiger partial charge is 0.261 e. The van der Waals surface area contributed by atoms with E-state index in [0.29, 0.717) is 28.0 Å². The molecule has 0 saturated heterocycles. The largest absolute Gasteiger partial charge is 0.347 e. The summed E-state index contributed by atoms with van der Waals surface area (Å²) in [6.07, 6.45) is 2.01. The van der Waals surface area contributed by atoms with Crippen molar-refractivity contribution in [3.8, 4) is 0 Å². The SMILES string of the molecule is CCC(CC)c1nnc(NC(=O)c2ccc(CNC(=O)c3cccs3)cc2)s1. The lowest BCUT2D eigenvalue weighted by Crippen LogP contribution is -2.21. The number of thiophene rings is 1. The second-order valence-electron chi connectivity index (χ2n) is 6.27. The average molecular weight is 415 g/mol. The molecular weight excluding hydrogens is 392 g/mol. The van der Waals surface area contributed by atoms with Crippen LogP contribution < -0.4 is 10.6 Å². The monoisotopic (exact) mass is 414 g/mol. The molecule has 0 spiro atoms. The lowest BCUT2D eigenvalue weighted by atomic mass is 10.1. The normalized spacial score (nSPS) is 10.8. The fraction of sp³-hybridized carbons (Fsp3) is 0.300. The predicted octanol–water partition coefficient (Wildman–Crippen LogP) is 4.69. The molecule has 28 heavy (non-hydrogen) atoms. The molecule has 0 aliphatic carbocycles. The summed E-state index contributed by atoms with van der Waals surface area (Å²) in [6.45, 7) is 4.66. The quantitative estimate of drug-likeness (QED) is 0.560. The number of benzene rings is 1. The Morgan fingerprint density at radius 1 is 1.04 bits per heavy atom. The van der Waals surface area contributed by atoms with Crippen molar-refractivity contribution < 1.29 is 9.59 Å². The number of nitrogens with one attached hydrogen (secondary N) is 2. The first-order valence-electron chi connectivity index (χ1n) is 9.16. The molecule has 1 aromatic carbocycles. The molecule has 0 radical (unpaired) electrons. The molecule has 3 rings (SSSR count). The van der Waals surface area contributed by atoms with Crippen molar-refractivity contribution in [2.45, 2.75) is 39.2 Å². The van der Waals surface area contributed by atoms with E-state index in [1.54, 1.807) is 18.2 Å². The van der Waals surface area contributed by atoms with Crippen molar-refractivity contribution in [2.24, 2.45) is 0 Å². The molecule has 3 aromatic rings. The van der Waals surface area contributed by atoms with Crippen molar-refractivity contribution in [1.82, 2.24) is 15.5 Å². The van der Waals surface area contributed by atoms with Gasteiger partial charge in [0.05, 0.1) is 4.88 Å². The molecule has 0 bridgehead atoms. The summed E-state index contributed by atoms with van der Waals surface area (Å²) in [7, 11) is 0. The van der Waals surface area contributed by atoms with Gasteiger partial charge in [-0.15, -0.1) is 21.5 Å². The maximum Gasteiger partial charge on any atom is 0.261 e. The fourth-order valence-electron chi connectivity index (χ4n) is 2.71. The van der Waals surface area contributed by atoms with Crippen molar-refractivity contribution in [3.05, 3.63) is 62.8 Å². The first-order valence-corrected chi connectivity index (χ1v) is 10.9.